The lowest BCUT2D eigenvalue weighted by Gasteiger charge is -2.25. The predicted molar refractivity (Wildman–Crippen MR) is 80.1 cm³/mol. The molecule has 0 radical (unpaired) electrons. The first-order chi connectivity index (χ1) is 9.18. The average Bonchev–Trinajstić information content (AvgIpc) is 2.37. The molecule has 6 heteroatoms. The minimum absolute atomic E-state index is 0.250. The van der Waals surface area contributed by atoms with Crippen LogP contribution in [-0.2, 0) is 21.1 Å². The molecule has 1 aromatic carbocycles. The fourth-order valence-electron chi connectivity index (χ4n) is 1.62. The molecular weight excluding hydrogens is 276 g/mol. The van der Waals surface area contributed by atoms with Gasteiger partial charge in [-0.2, -0.15) is 0 Å². The Hall–Kier alpha value is -1.40. The molecule has 0 fully saturated rings. The third-order valence-corrected chi connectivity index (χ3v) is 5.46. The number of sulfone groups is 1. The van der Waals surface area contributed by atoms with E-state index >= 15 is 0 Å². The van der Waals surface area contributed by atoms with Crippen LogP contribution in [0.1, 0.15) is 19.4 Å². The van der Waals surface area contributed by atoms with Crippen LogP contribution in [0.3, 0.4) is 0 Å². The average molecular weight is 298 g/mol. The highest BCUT2D eigenvalue weighted by Gasteiger charge is 2.39. The van der Waals surface area contributed by atoms with Crippen molar-refractivity contribution >= 4 is 15.7 Å². The van der Waals surface area contributed by atoms with E-state index < -0.39 is 20.5 Å². The first kappa shape index (κ1) is 16.7. The molecular formula is C14H22N2O3S. The van der Waals surface area contributed by atoms with Crippen molar-refractivity contribution < 1.29 is 13.2 Å². The van der Waals surface area contributed by atoms with Crippen molar-refractivity contribution in [2.45, 2.75) is 31.1 Å². The van der Waals surface area contributed by atoms with E-state index in [0.717, 1.165) is 11.8 Å². The molecule has 0 saturated carbocycles. The molecule has 0 saturated heterocycles. The second kappa shape index (κ2) is 6.37. The van der Waals surface area contributed by atoms with Crippen molar-refractivity contribution in [3.63, 3.8) is 0 Å². The summed E-state index contributed by atoms with van der Waals surface area (Å²) in [7, 11) is -3.48. The summed E-state index contributed by atoms with van der Waals surface area (Å²) in [4.78, 5) is 12.1. The Bertz CT molecular complexity index is 553. The molecule has 1 unspecified atom stereocenters. The minimum atomic E-state index is -3.48. The van der Waals surface area contributed by atoms with E-state index in [1.807, 2.05) is 30.3 Å². The third-order valence-electron chi connectivity index (χ3n) is 3.42. The quantitative estimate of drug-likeness (QED) is 0.800. The van der Waals surface area contributed by atoms with Crippen LogP contribution in [-0.4, -0.2) is 37.9 Å². The van der Waals surface area contributed by atoms with Crippen molar-refractivity contribution in [2.75, 3.05) is 12.8 Å². The lowest BCUT2D eigenvalue weighted by atomic mass is 10.0. The van der Waals surface area contributed by atoms with Gasteiger partial charge in [-0.15, -0.1) is 0 Å². The molecule has 0 spiro atoms. The Balaban J connectivity index is 2.77. The van der Waals surface area contributed by atoms with Crippen molar-refractivity contribution in [1.29, 1.82) is 0 Å². The van der Waals surface area contributed by atoms with E-state index in [9.17, 15) is 13.2 Å². The van der Waals surface area contributed by atoms with Gasteiger partial charge in [0.2, 0.25) is 5.91 Å². The van der Waals surface area contributed by atoms with Gasteiger partial charge in [-0.1, -0.05) is 30.3 Å². The van der Waals surface area contributed by atoms with Crippen LogP contribution in [0, 0.1) is 0 Å². The summed E-state index contributed by atoms with van der Waals surface area (Å²) in [5.74, 6) is -0.522. The van der Waals surface area contributed by atoms with Gasteiger partial charge in [0.15, 0.2) is 9.84 Å². The smallest absolute Gasteiger partial charge is 0.241 e. The van der Waals surface area contributed by atoms with Gasteiger partial charge < -0.3 is 11.1 Å². The summed E-state index contributed by atoms with van der Waals surface area (Å²) in [5, 5.41) is 2.72. The van der Waals surface area contributed by atoms with E-state index in [-0.39, 0.29) is 12.6 Å². The molecule has 0 aromatic heterocycles. The van der Waals surface area contributed by atoms with Gasteiger partial charge in [0.25, 0.3) is 0 Å². The van der Waals surface area contributed by atoms with E-state index in [2.05, 4.69) is 5.32 Å². The molecule has 20 heavy (non-hydrogen) atoms. The van der Waals surface area contributed by atoms with Gasteiger partial charge in [0.05, 0.1) is 0 Å². The summed E-state index contributed by atoms with van der Waals surface area (Å²) in [6.07, 6.45) is 1.63. The third kappa shape index (κ3) is 4.05. The highest BCUT2D eigenvalue weighted by atomic mass is 32.2. The van der Waals surface area contributed by atoms with Crippen molar-refractivity contribution in [1.82, 2.24) is 5.32 Å². The Morgan fingerprint density at radius 3 is 2.30 bits per heavy atom. The second-order valence-electron chi connectivity index (χ2n) is 5.38. The maximum Gasteiger partial charge on any atom is 0.241 e. The topological polar surface area (TPSA) is 89.3 Å². The zero-order valence-electron chi connectivity index (χ0n) is 12.1. The predicted octanol–water partition coefficient (Wildman–Crippen LogP) is 0.496. The van der Waals surface area contributed by atoms with Gasteiger partial charge in [0, 0.05) is 18.8 Å². The zero-order chi connectivity index (χ0) is 15.4. The lowest BCUT2D eigenvalue weighted by molar-refractivity contribution is -0.123. The molecule has 0 aliphatic rings. The number of benzene rings is 1. The molecule has 0 heterocycles. The van der Waals surface area contributed by atoms with Crippen molar-refractivity contribution in [3.05, 3.63) is 35.9 Å². The van der Waals surface area contributed by atoms with Crippen LogP contribution in [0.15, 0.2) is 30.3 Å². The van der Waals surface area contributed by atoms with Gasteiger partial charge >= 0.3 is 0 Å². The van der Waals surface area contributed by atoms with Crippen LogP contribution in [0.4, 0.5) is 0 Å². The molecule has 1 aromatic rings. The number of hydrogen-bond donors (Lipinski definition) is 2. The summed E-state index contributed by atoms with van der Waals surface area (Å²) < 4.78 is 21.8. The number of nitrogens with one attached hydrogen (secondary N) is 1. The number of amides is 1. The molecule has 0 bridgehead atoms. The largest absolute Gasteiger partial charge is 0.350 e. The summed E-state index contributed by atoms with van der Waals surface area (Å²) in [5.41, 5.74) is 6.70. The Morgan fingerprint density at radius 1 is 1.30 bits per heavy atom. The Kier molecular flexibility index (Phi) is 5.30. The maximum absolute atomic E-state index is 12.1. The van der Waals surface area contributed by atoms with E-state index in [1.165, 1.54) is 13.8 Å². The van der Waals surface area contributed by atoms with Crippen molar-refractivity contribution in [2.24, 2.45) is 5.73 Å². The lowest BCUT2D eigenvalue weighted by Crippen LogP contribution is -2.53. The number of rotatable bonds is 6. The van der Waals surface area contributed by atoms with Gasteiger partial charge in [-0.05, 0) is 25.8 Å². The van der Waals surface area contributed by atoms with Gasteiger partial charge in [-0.3, -0.25) is 4.79 Å². The first-order valence-corrected chi connectivity index (χ1v) is 8.32. The van der Waals surface area contributed by atoms with E-state index in [0.29, 0.717) is 6.42 Å². The number of carbonyl (C=O) groups is 1. The molecule has 0 aliphatic carbocycles. The molecule has 1 rings (SSSR count). The van der Waals surface area contributed by atoms with Gasteiger partial charge in [-0.25, -0.2) is 8.42 Å². The van der Waals surface area contributed by atoms with E-state index in [4.69, 9.17) is 5.73 Å². The normalized spacial score (nSPS) is 13.8. The molecule has 1 amide bonds. The molecule has 3 N–H and O–H groups in total. The van der Waals surface area contributed by atoms with E-state index in [1.54, 1.807) is 0 Å². The zero-order valence-corrected chi connectivity index (χ0v) is 12.9. The Labute approximate surface area is 120 Å². The summed E-state index contributed by atoms with van der Waals surface area (Å²) in [6.45, 7) is 3.04. The van der Waals surface area contributed by atoms with Crippen LogP contribution < -0.4 is 11.1 Å². The molecule has 0 aliphatic heterocycles. The molecule has 112 valence electrons. The van der Waals surface area contributed by atoms with Crippen LogP contribution in [0.25, 0.3) is 0 Å². The summed E-state index contributed by atoms with van der Waals surface area (Å²) in [6, 6.07) is 9.32. The number of hydrogen-bond acceptors (Lipinski definition) is 4. The molecule has 5 nitrogen and oxygen atoms in total. The second-order valence-corrected chi connectivity index (χ2v) is 7.94. The first-order valence-electron chi connectivity index (χ1n) is 6.43. The van der Waals surface area contributed by atoms with Crippen LogP contribution in [0.2, 0.25) is 0 Å². The highest BCUT2D eigenvalue weighted by molar-refractivity contribution is 7.92. The standard InChI is InChI=1S/C14H22N2O3S/c1-14(2,20(3,18)19)13(17)16-12(10-15)9-11-7-5-4-6-8-11/h4-8,12H,9-10,15H2,1-3H3,(H,16,17). The number of nitrogens with two attached hydrogens (primary N) is 1. The number of carbonyl (C=O) groups excluding carboxylic acids is 1. The van der Waals surface area contributed by atoms with Gasteiger partial charge in [0.1, 0.15) is 4.75 Å². The fraction of sp³-hybridized carbons (Fsp3) is 0.500. The molecule has 1 atom stereocenters. The van der Waals surface area contributed by atoms with Crippen LogP contribution in [0.5, 0.6) is 0 Å². The SMILES string of the molecule is CC(C)(C(=O)NC(CN)Cc1ccccc1)S(C)(=O)=O. The maximum atomic E-state index is 12.1. The Morgan fingerprint density at radius 2 is 1.85 bits per heavy atom. The minimum Gasteiger partial charge on any atom is -0.350 e. The summed E-state index contributed by atoms with van der Waals surface area (Å²) >= 11 is 0. The highest BCUT2D eigenvalue weighted by Crippen LogP contribution is 2.15. The fourth-order valence-corrected chi connectivity index (χ4v) is 2.02. The monoisotopic (exact) mass is 298 g/mol. The van der Waals surface area contributed by atoms with Crippen molar-refractivity contribution in [3.8, 4) is 0 Å². The van der Waals surface area contributed by atoms with Crippen LogP contribution >= 0.6 is 0 Å².